The predicted octanol–water partition coefficient (Wildman–Crippen LogP) is 8.15. The smallest absolute Gasteiger partial charge is 0.254 e. The van der Waals surface area contributed by atoms with E-state index in [0.29, 0.717) is 17.9 Å². The van der Waals surface area contributed by atoms with Gasteiger partial charge in [0.1, 0.15) is 0 Å². The van der Waals surface area contributed by atoms with Crippen molar-refractivity contribution in [2.75, 3.05) is 6.54 Å². The van der Waals surface area contributed by atoms with Gasteiger partial charge in [0.2, 0.25) is 0 Å². The topological polar surface area (TPSA) is 32.3 Å². The Morgan fingerprint density at radius 2 is 1.75 bits per heavy atom. The highest BCUT2D eigenvalue weighted by atomic mass is 79.9. The Balaban J connectivity index is 0.000000861. The molecule has 0 spiro atoms. The van der Waals surface area contributed by atoms with Gasteiger partial charge in [0.05, 0.1) is 6.04 Å². The zero-order chi connectivity index (χ0) is 26.2. The highest BCUT2D eigenvalue weighted by Crippen LogP contribution is 2.45. The van der Waals surface area contributed by atoms with Gasteiger partial charge in [-0.1, -0.05) is 69.7 Å². The first-order valence-electron chi connectivity index (χ1n) is 13.8. The zero-order valence-electron chi connectivity index (χ0n) is 22.9. The van der Waals surface area contributed by atoms with Gasteiger partial charge in [-0.05, 0) is 96.3 Å². The second-order valence-electron chi connectivity index (χ2n) is 9.62. The number of hydrogen-bond acceptors (Lipinski definition) is 2. The standard InChI is InChI=1S/C28H31BrN2O.2C2H6/c1-18-8-11-25-21(14-18)9-10-23-16-24(29)17-30-27(23)26(25)22-12-13-31(19(2)15-22)28(32)20-6-4-3-5-7-20;2*1-2/h3-8,11,14,16-17,19,22,26-27,30H,9-10,12-13,15H2,1-2H3;2*1-2H3/t19?,22?,26-,27?;;/m1../s1. The van der Waals surface area contributed by atoms with Crippen LogP contribution in [-0.2, 0) is 6.42 Å². The summed E-state index contributed by atoms with van der Waals surface area (Å²) in [6, 6.07) is 17.3. The lowest BCUT2D eigenvalue weighted by atomic mass is 9.72. The lowest BCUT2D eigenvalue weighted by Crippen LogP contribution is -2.48. The van der Waals surface area contributed by atoms with Crippen LogP contribution in [0.1, 0.15) is 86.8 Å². The minimum absolute atomic E-state index is 0.164. The molecule has 2 heterocycles. The van der Waals surface area contributed by atoms with Gasteiger partial charge in [-0.3, -0.25) is 4.79 Å². The maximum atomic E-state index is 13.1. The normalized spacial score (nSPS) is 24.6. The van der Waals surface area contributed by atoms with Crippen molar-refractivity contribution in [2.24, 2.45) is 5.92 Å². The number of rotatable bonds is 2. The van der Waals surface area contributed by atoms with Gasteiger partial charge >= 0.3 is 0 Å². The van der Waals surface area contributed by atoms with Crippen molar-refractivity contribution in [1.29, 1.82) is 0 Å². The van der Waals surface area contributed by atoms with Crippen LogP contribution in [0.5, 0.6) is 0 Å². The van der Waals surface area contributed by atoms with Crippen LogP contribution in [0.15, 0.2) is 70.9 Å². The number of carbonyl (C=O) groups is 1. The number of benzene rings is 2. The lowest BCUT2D eigenvalue weighted by molar-refractivity contribution is 0.0547. The Morgan fingerprint density at radius 1 is 1.03 bits per heavy atom. The van der Waals surface area contributed by atoms with Crippen molar-refractivity contribution in [3.05, 3.63) is 93.1 Å². The second-order valence-corrected chi connectivity index (χ2v) is 10.5. The number of fused-ring (bicyclic) bond motifs is 2. The molecule has 5 rings (SSSR count). The summed E-state index contributed by atoms with van der Waals surface area (Å²) in [5.41, 5.74) is 6.63. The number of dihydropyridines is 1. The van der Waals surface area contributed by atoms with Crippen molar-refractivity contribution in [3.8, 4) is 0 Å². The number of nitrogens with zero attached hydrogens (tertiary/aromatic N) is 1. The van der Waals surface area contributed by atoms with Crippen LogP contribution in [0.3, 0.4) is 0 Å². The van der Waals surface area contributed by atoms with E-state index in [9.17, 15) is 4.79 Å². The van der Waals surface area contributed by atoms with E-state index in [4.69, 9.17) is 0 Å². The number of hydrogen-bond donors (Lipinski definition) is 1. The van der Waals surface area contributed by atoms with E-state index in [1.807, 2.05) is 58.0 Å². The molecule has 2 aliphatic heterocycles. The molecular formula is C32H43BrN2O. The molecule has 1 amide bonds. The summed E-state index contributed by atoms with van der Waals surface area (Å²) in [7, 11) is 0. The van der Waals surface area contributed by atoms with E-state index in [1.165, 1.54) is 22.3 Å². The highest BCUT2D eigenvalue weighted by molar-refractivity contribution is 9.11. The molecule has 0 saturated carbocycles. The molecule has 1 saturated heterocycles. The number of likely N-dealkylation sites (tertiary alicyclic amines) is 1. The van der Waals surface area contributed by atoms with Gasteiger partial charge in [0.25, 0.3) is 5.91 Å². The average molecular weight is 552 g/mol. The van der Waals surface area contributed by atoms with E-state index >= 15 is 0 Å². The molecule has 2 aromatic rings. The summed E-state index contributed by atoms with van der Waals surface area (Å²) in [5, 5.41) is 3.73. The Labute approximate surface area is 227 Å². The number of aryl methyl sites for hydroxylation is 2. The van der Waals surface area contributed by atoms with Crippen LogP contribution in [0.2, 0.25) is 0 Å². The van der Waals surface area contributed by atoms with Crippen LogP contribution in [-0.4, -0.2) is 29.4 Å². The molecule has 2 aromatic carbocycles. The summed E-state index contributed by atoms with van der Waals surface area (Å²) >= 11 is 3.67. The number of amides is 1. The monoisotopic (exact) mass is 550 g/mol. The van der Waals surface area contributed by atoms with Gasteiger partial charge in [-0.15, -0.1) is 0 Å². The Morgan fingerprint density at radius 3 is 2.44 bits per heavy atom. The molecule has 1 fully saturated rings. The first kappa shape index (κ1) is 28.2. The SMILES string of the molecule is CC.CC.Cc1ccc2c(c1)CCC1=CC(Br)=CNC1[C@@H]2C1CCN(C(=O)c2ccccc2)C(C)C1. The van der Waals surface area contributed by atoms with Crippen LogP contribution in [0, 0.1) is 12.8 Å². The fraction of sp³-hybridized carbons (Fsp3) is 0.469. The molecular weight excluding hydrogens is 508 g/mol. The average Bonchev–Trinajstić information content (AvgIpc) is 3.07. The van der Waals surface area contributed by atoms with Crippen LogP contribution in [0.25, 0.3) is 0 Å². The first-order valence-corrected chi connectivity index (χ1v) is 14.6. The predicted molar refractivity (Wildman–Crippen MR) is 157 cm³/mol. The van der Waals surface area contributed by atoms with Crippen molar-refractivity contribution in [3.63, 3.8) is 0 Å². The number of allylic oxidation sites excluding steroid dienone is 2. The molecule has 36 heavy (non-hydrogen) atoms. The van der Waals surface area contributed by atoms with Crippen LogP contribution in [0.4, 0.5) is 0 Å². The Hall–Kier alpha value is -2.33. The summed E-state index contributed by atoms with van der Waals surface area (Å²) in [6.45, 7) is 13.2. The van der Waals surface area contributed by atoms with Gasteiger partial charge in [0, 0.05) is 34.8 Å². The molecule has 3 aliphatic rings. The second kappa shape index (κ2) is 13.3. The van der Waals surface area contributed by atoms with Gasteiger partial charge < -0.3 is 10.2 Å². The third kappa shape index (κ3) is 6.14. The summed E-state index contributed by atoms with van der Waals surface area (Å²) in [4.78, 5) is 15.2. The number of halogens is 1. The third-order valence-corrected chi connectivity index (χ3v) is 7.99. The summed E-state index contributed by atoms with van der Waals surface area (Å²) in [5.74, 6) is 1.12. The highest BCUT2D eigenvalue weighted by Gasteiger charge is 2.40. The molecule has 3 unspecified atom stereocenters. The van der Waals surface area contributed by atoms with Crippen molar-refractivity contribution in [2.45, 2.75) is 85.2 Å². The summed E-state index contributed by atoms with van der Waals surface area (Å²) < 4.78 is 1.13. The fourth-order valence-electron chi connectivity index (χ4n) is 5.99. The van der Waals surface area contributed by atoms with Crippen molar-refractivity contribution < 1.29 is 4.79 Å². The van der Waals surface area contributed by atoms with Gasteiger partial charge in [0.15, 0.2) is 0 Å². The van der Waals surface area contributed by atoms with E-state index in [0.717, 1.165) is 42.3 Å². The van der Waals surface area contributed by atoms with Gasteiger partial charge in [-0.25, -0.2) is 0 Å². The van der Waals surface area contributed by atoms with Crippen LogP contribution >= 0.6 is 15.9 Å². The largest absolute Gasteiger partial charge is 0.383 e. The number of piperidine rings is 1. The van der Waals surface area contributed by atoms with Crippen molar-refractivity contribution >= 4 is 21.8 Å². The fourth-order valence-corrected chi connectivity index (χ4v) is 6.42. The Kier molecular flexibility index (Phi) is 10.4. The van der Waals surface area contributed by atoms with Gasteiger partial charge in [-0.2, -0.15) is 0 Å². The van der Waals surface area contributed by atoms with E-state index < -0.39 is 0 Å². The molecule has 0 aromatic heterocycles. The maximum absolute atomic E-state index is 13.1. The quantitative estimate of drug-likeness (QED) is 0.409. The lowest BCUT2D eigenvalue weighted by Gasteiger charge is -2.44. The van der Waals surface area contributed by atoms with Crippen molar-refractivity contribution in [1.82, 2.24) is 10.2 Å². The Bertz CT molecular complexity index is 1070. The molecule has 0 bridgehead atoms. The summed E-state index contributed by atoms with van der Waals surface area (Å²) in [6.07, 6.45) is 8.69. The first-order chi connectivity index (χ1) is 17.5. The van der Waals surface area contributed by atoms with E-state index in [1.54, 1.807) is 0 Å². The molecule has 4 atom stereocenters. The molecule has 194 valence electrons. The minimum Gasteiger partial charge on any atom is -0.383 e. The maximum Gasteiger partial charge on any atom is 0.254 e. The third-order valence-electron chi connectivity index (χ3n) is 7.53. The molecule has 1 N–H and O–H groups in total. The van der Waals surface area contributed by atoms with Crippen LogP contribution < -0.4 is 5.32 Å². The number of nitrogens with one attached hydrogen (secondary N) is 1. The minimum atomic E-state index is 0.164. The van der Waals surface area contributed by atoms with E-state index in [2.05, 4.69) is 70.5 Å². The zero-order valence-corrected chi connectivity index (χ0v) is 24.4. The molecule has 0 radical (unpaired) electrons. The number of carbonyl (C=O) groups excluding carboxylic acids is 1. The van der Waals surface area contributed by atoms with E-state index in [-0.39, 0.29) is 11.9 Å². The molecule has 3 nitrogen and oxygen atoms in total. The molecule has 1 aliphatic carbocycles. The molecule has 4 heteroatoms.